The summed E-state index contributed by atoms with van der Waals surface area (Å²) in [5, 5.41) is 10.0. The fourth-order valence-corrected chi connectivity index (χ4v) is 2.82. The van der Waals surface area contributed by atoms with Gasteiger partial charge in [0.25, 0.3) is 11.8 Å². The highest BCUT2D eigenvalue weighted by Crippen LogP contribution is 2.34. The van der Waals surface area contributed by atoms with Gasteiger partial charge >= 0.3 is 0 Å². The molecule has 0 aliphatic heterocycles. The monoisotopic (exact) mass is 340 g/mol. The third kappa shape index (κ3) is 2.33. The minimum atomic E-state index is -0.812. The summed E-state index contributed by atoms with van der Waals surface area (Å²) in [4.78, 5) is 31.5. The number of phenols is 1. The van der Waals surface area contributed by atoms with E-state index in [2.05, 4.69) is 9.97 Å². The average Bonchev–Trinajstić information content (AvgIpc) is 2.83. The largest absolute Gasteiger partial charge is 0.508 e. The lowest BCUT2D eigenvalue weighted by Gasteiger charge is -2.15. The van der Waals surface area contributed by atoms with E-state index < -0.39 is 11.8 Å². The highest BCUT2D eigenvalue weighted by Gasteiger charge is 2.25. The quantitative estimate of drug-likeness (QED) is 0.543. The average molecular weight is 340 g/mol. The third-order valence-corrected chi connectivity index (χ3v) is 4.03. The number of phenolic OH excluding ortho intramolecular Hbond substituents is 1. The van der Waals surface area contributed by atoms with Crippen LogP contribution in [-0.4, -0.2) is 31.5 Å². The second kappa shape index (κ2) is 5.48. The number of nitrogens with zero attached hydrogens (tertiary/aromatic N) is 3. The Bertz CT molecular complexity index is 1050. The zero-order valence-electron chi connectivity index (χ0n) is 13.6. The summed E-state index contributed by atoms with van der Waals surface area (Å²) in [5.41, 5.74) is 18.8. The summed E-state index contributed by atoms with van der Waals surface area (Å²) in [6.45, 7) is 3.53. The van der Waals surface area contributed by atoms with Gasteiger partial charge in [0.2, 0.25) is 0 Å². The Balaban J connectivity index is 2.49. The van der Waals surface area contributed by atoms with E-state index in [1.807, 2.05) is 6.92 Å². The molecule has 25 heavy (non-hydrogen) atoms. The Morgan fingerprint density at radius 2 is 1.84 bits per heavy atom. The zero-order chi connectivity index (χ0) is 18.5. The number of rotatable bonds is 3. The fraction of sp³-hybridized carbons (Fsp3) is 0.125. The van der Waals surface area contributed by atoms with Gasteiger partial charge in [-0.05, 0) is 25.5 Å². The maximum absolute atomic E-state index is 11.9. The highest BCUT2D eigenvalue weighted by atomic mass is 16.3. The Kier molecular flexibility index (Phi) is 3.56. The normalized spacial score (nSPS) is 11.0. The lowest BCUT2D eigenvalue weighted by molar-refractivity contribution is 0.0987. The van der Waals surface area contributed by atoms with Crippen LogP contribution in [0.2, 0.25) is 0 Å². The maximum Gasteiger partial charge on any atom is 0.268 e. The minimum Gasteiger partial charge on any atom is -0.508 e. The predicted molar refractivity (Wildman–Crippen MR) is 91.5 cm³/mol. The van der Waals surface area contributed by atoms with Crippen LogP contribution in [0.1, 0.15) is 32.0 Å². The summed E-state index contributed by atoms with van der Waals surface area (Å²) < 4.78 is 1.48. The molecule has 7 N–H and O–H groups in total. The van der Waals surface area contributed by atoms with Crippen LogP contribution in [0.5, 0.6) is 5.75 Å². The topological polar surface area (TPSA) is 163 Å². The second-order valence-electron chi connectivity index (χ2n) is 5.63. The van der Waals surface area contributed by atoms with Crippen LogP contribution in [0.15, 0.2) is 18.3 Å². The van der Waals surface area contributed by atoms with Crippen molar-refractivity contribution in [1.29, 1.82) is 0 Å². The van der Waals surface area contributed by atoms with Gasteiger partial charge in [-0.1, -0.05) is 6.07 Å². The van der Waals surface area contributed by atoms with Gasteiger partial charge in [-0.15, -0.1) is 0 Å². The van der Waals surface area contributed by atoms with Crippen LogP contribution in [-0.2, 0) is 0 Å². The van der Waals surface area contributed by atoms with E-state index in [9.17, 15) is 14.7 Å². The van der Waals surface area contributed by atoms with Crippen LogP contribution in [0.4, 0.5) is 5.82 Å². The number of nitrogens with two attached hydrogens (primary N) is 3. The van der Waals surface area contributed by atoms with E-state index in [4.69, 9.17) is 17.2 Å². The molecule has 0 radical (unpaired) electrons. The summed E-state index contributed by atoms with van der Waals surface area (Å²) >= 11 is 0. The summed E-state index contributed by atoms with van der Waals surface area (Å²) in [6.07, 6.45) is 1.19. The molecule has 2 heterocycles. The molecular weight excluding hydrogens is 324 g/mol. The lowest BCUT2D eigenvalue weighted by atomic mass is 10.1. The van der Waals surface area contributed by atoms with Gasteiger partial charge in [0, 0.05) is 5.56 Å². The van der Waals surface area contributed by atoms with Crippen LogP contribution in [0.25, 0.3) is 16.9 Å². The number of fused-ring (bicyclic) bond motifs is 1. The number of aryl methyl sites for hydroxylation is 1. The van der Waals surface area contributed by atoms with Crippen LogP contribution in [0, 0.1) is 13.8 Å². The van der Waals surface area contributed by atoms with E-state index in [-0.39, 0.29) is 34.0 Å². The van der Waals surface area contributed by atoms with Crippen molar-refractivity contribution in [3.05, 3.63) is 40.7 Å². The zero-order valence-corrected chi connectivity index (χ0v) is 13.6. The van der Waals surface area contributed by atoms with Gasteiger partial charge in [0.05, 0.1) is 11.9 Å². The maximum atomic E-state index is 11.9. The van der Waals surface area contributed by atoms with Crippen molar-refractivity contribution in [2.24, 2.45) is 11.5 Å². The number of hydrogen-bond donors (Lipinski definition) is 4. The van der Waals surface area contributed by atoms with Gasteiger partial charge in [0.1, 0.15) is 28.3 Å². The van der Waals surface area contributed by atoms with Crippen molar-refractivity contribution >= 4 is 28.8 Å². The molecule has 0 spiro atoms. The molecule has 0 saturated carbocycles. The second-order valence-corrected chi connectivity index (χ2v) is 5.63. The molecule has 1 aromatic carbocycles. The van der Waals surface area contributed by atoms with Gasteiger partial charge in [-0.25, -0.2) is 9.97 Å². The third-order valence-electron chi connectivity index (χ3n) is 4.03. The first kappa shape index (κ1) is 16.2. The minimum absolute atomic E-state index is 0.0147. The number of aromatic hydroxyl groups is 1. The molecule has 0 unspecified atom stereocenters. The molecule has 9 heteroatoms. The molecule has 0 aliphatic rings. The van der Waals surface area contributed by atoms with Gasteiger partial charge < -0.3 is 22.3 Å². The first-order valence-electron chi connectivity index (χ1n) is 7.30. The Labute approximate surface area is 142 Å². The first-order chi connectivity index (χ1) is 11.7. The van der Waals surface area contributed by atoms with Gasteiger partial charge in [-0.2, -0.15) is 0 Å². The van der Waals surface area contributed by atoms with Gasteiger partial charge in [-0.3, -0.25) is 14.2 Å². The molecule has 2 aromatic heterocycles. The smallest absolute Gasteiger partial charge is 0.268 e. The highest BCUT2D eigenvalue weighted by molar-refractivity contribution is 6.10. The number of primary amides is 2. The molecule has 128 valence electrons. The van der Waals surface area contributed by atoms with Crippen molar-refractivity contribution in [2.45, 2.75) is 13.8 Å². The number of aromatic nitrogens is 3. The van der Waals surface area contributed by atoms with Crippen molar-refractivity contribution in [1.82, 2.24) is 14.5 Å². The number of carbonyl (C=O) groups excluding carboxylic acids is 2. The summed E-state index contributed by atoms with van der Waals surface area (Å²) in [7, 11) is 0. The van der Waals surface area contributed by atoms with E-state index in [1.165, 1.54) is 10.8 Å². The molecular formula is C16H16N6O3. The molecule has 0 fully saturated rings. The lowest BCUT2D eigenvalue weighted by Crippen LogP contribution is -2.15. The number of benzene rings is 1. The molecule has 0 atom stereocenters. The van der Waals surface area contributed by atoms with Crippen LogP contribution < -0.4 is 17.2 Å². The number of anilines is 1. The number of hydrogen-bond acceptors (Lipinski definition) is 6. The molecule has 0 bridgehead atoms. The van der Waals surface area contributed by atoms with Crippen molar-refractivity contribution in [2.75, 3.05) is 5.73 Å². The van der Waals surface area contributed by atoms with Crippen LogP contribution >= 0.6 is 0 Å². The molecule has 0 aliphatic carbocycles. The standard InChI is InChI=1S/C16H16N6O3/c1-6-3-4-9(23)7(2)12(6)22-13(17)10(15(19)25)11-16(22)20-5-8(21-11)14(18)24/h3-5,23H,17H2,1-2H3,(H2,18,24)(H2,19,25). The molecule has 3 aromatic rings. The van der Waals surface area contributed by atoms with Crippen molar-refractivity contribution in [3.63, 3.8) is 0 Å². The van der Waals surface area contributed by atoms with Crippen molar-refractivity contribution < 1.29 is 14.7 Å². The predicted octanol–water partition coefficient (Wildman–Crippen LogP) is 0.523. The summed E-state index contributed by atoms with van der Waals surface area (Å²) in [5.74, 6) is -1.53. The number of amides is 2. The molecule has 3 rings (SSSR count). The summed E-state index contributed by atoms with van der Waals surface area (Å²) in [6, 6.07) is 3.26. The van der Waals surface area contributed by atoms with Crippen molar-refractivity contribution in [3.8, 4) is 11.4 Å². The Hall–Kier alpha value is -3.62. The fourth-order valence-electron chi connectivity index (χ4n) is 2.82. The first-order valence-corrected chi connectivity index (χ1v) is 7.30. The van der Waals surface area contributed by atoms with E-state index in [0.717, 1.165) is 5.56 Å². The number of nitrogen functional groups attached to an aromatic ring is 1. The molecule has 2 amide bonds. The number of carbonyl (C=O) groups is 2. The molecule has 0 saturated heterocycles. The Morgan fingerprint density at radius 1 is 1.16 bits per heavy atom. The van der Waals surface area contributed by atoms with E-state index in [0.29, 0.717) is 11.3 Å². The van der Waals surface area contributed by atoms with Gasteiger partial charge in [0.15, 0.2) is 5.65 Å². The Morgan fingerprint density at radius 3 is 2.44 bits per heavy atom. The van der Waals surface area contributed by atoms with Crippen LogP contribution in [0.3, 0.4) is 0 Å². The van der Waals surface area contributed by atoms with E-state index >= 15 is 0 Å². The SMILES string of the molecule is Cc1ccc(O)c(C)c1-n1c(N)c(C(N)=O)c2nc(C(N)=O)cnc21. The van der Waals surface area contributed by atoms with E-state index in [1.54, 1.807) is 19.1 Å². The molecule has 9 nitrogen and oxygen atoms in total.